The SMILES string of the molecule is COc1ncccc1C(=O)NCCNc1ccc(Nc2ccc(C)cn2)nn1. The van der Waals surface area contributed by atoms with Crippen LogP contribution < -0.4 is 20.7 Å². The smallest absolute Gasteiger partial charge is 0.256 e. The van der Waals surface area contributed by atoms with Gasteiger partial charge in [-0.2, -0.15) is 0 Å². The van der Waals surface area contributed by atoms with Gasteiger partial charge in [0, 0.05) is 25.5 Å². The summed E-state index contributed by atoms with van der Waals surface area (Å²) in [7, 11) is 1.48. The summed E-state index contributed by atoms with van der Waals surface area (Å²) in [6.07, 6.45) is 3.35. The molecule has 9 heteroatoms. The molecule has 3 N–H and O–H groups in total. The second-order valence-corrected chi connectivity index (χ2v) is 5.89. The third-order valence-electron chi connectivity index (χ3n) is 3.76. The fourth-order valence-corrected chi connectivity index (χ4v) is 2.35. The van der Waals surface area contributed by atoms with Crippen molar-refractivity contribution in [1.82, 2.24) is 25.5 Å². The van der Waals surface area contributed by atoms with Crippen LogP contribution in [0.1, 0.15) is 15.9 Å². The minimum Gasteiger partial charge on any atom is -0.480 e. The van der Waals surface area contributed by atoms with E-state index in [0.717, 1.165) is 5.56 Å². The van der Waals surface area contributed by atoms with Gasteiger partial charge >= 0.3 is 0 Å². The first kappa shape index (κ1) is 19.0. The van der Waals surface area contributed by atoms with Gasteiger partial charge in [0.1, 0.15) is 17.2 Å². The zero-order chi connectivity index (χ0) is 19.8. The lowest BCUT2D eigenvalue weighted by Crippen LogP contribution is -2.29. The molecule has 28 heavy (non-hydrogen) atoms. The molecule has 0 aliphatic rings. The molecule has 9 nitrogen and oxygen atoms in total. The van der Waals surface area contributed by atoms with Crippen LogP contribution in [0.25, 0.3) is 0 Å². The summed E-state index contributed by atoms with van der Waals surface area (Å²) >= 11 is 0. The molecular weight excluding hydrogens is 358 g/mol. The van der Waals surface area contributed by atoms with Crippen LogP contribution in [-0.2, 0) is 0 Å². The van der Waals surface area contributed by atoms with Crippen LogP contribution >= 0.6 is 0 Å². The minimum absolute atomic E-state index is 0.247. The summed E-state index contributed by atoms with van der Waals surface area (Å²) in [5.74, 6) is 1.96. The first-order chi connectivity index (χ1) is 13.7. The third kappa shape index (κ3) is 5.13. The highest BCUT2D eigenvalue weighted by Gasteiger charge is 2.11. The molecule has 0 saturated heterocycles. The Morgan fingerprint density at radius 3 is 2.50 bits per heavy atom. The van der Waals surface area contributed by atoms with E-state index in [1.807, 2.05) is 19.1 Å². The number of carbonyl (C=O) groups excluding carboxylic acids is 1. The van der Waals surface area contributed by atoms with Gasteiger partial charge in [0.05, 0.1) is 7.11 Å². The number of ether oxygens (including phenoxy) is 1. The van der Waals surface area contributed by atoms with Crippen LogP contribution in [0.2, 0.25) is 0 Å². The van der Waals surface area contributed by atoms with Gasteiger partial charge < -0.3 is 20.7 Å². The molecule has 3 heterocycles. The summed E-state index contributed by atoms with van der Waals surface area (Å²) in [6, 6.07) is 10.8. The Labute approximate surface area is 162 Å². The van der Waals surface area contributed by atoms with Crippen molar-refractivity contribution in [2.24, 2.45) is 0 Å². The Morgan fingerprint density at radius 2 is 1.79 bits per heavy atom. The van der Waals surface area contributed by atoms with Crippen LogP contribution in [0, 0.1) is 6.92 Å². The summed E-state index contributed by atoms with van der Waals surface area (Å²) < 4.78 is 5.09. The summed E-state index contributed by atoms with van der Waals surface area (Å²) in [6.45, 7) is 2.88. The Hall–Kier alpha value is -3.75. The van der Waals surface area contributed by atoms with Crippen LogP contribution in [0.4, 0.5) is 17.5 Å². The molecule has 0 atom stereocenters. The highest BCUT2D eigenvalue weighted by atomic mass is 16.5. The van der Waals surface area contributed by atoms with Crippen LogP contribution in [0.3, 0.4) is 0 Å². The second-order valence-electron chi connectivity index (χ2n) is 5.89. The monoisotopic (exact) mass is 379 g/mol. The molecule has 3 aromatic rings. The van der Waals surface area contributed by atoms with Gasteiger partial charge in [0.2, 0.25) is 5.88 Å². The zero-order valence-electron chi connectivity index (χ0n) is 15.6. The molecule has 0 fully saturated rings. The second kappa shape index (κ2) is 9.26. The van der Waals surface area contributed by atoms with Crippen molar-refractivity contribution >= 4 is 23.4 Å². The average Bonchev–Trinajstić information content (AvgIpc) is 2.74. The number of pyridine rings is 2. The van der Waals surface area contributed by atoms with Crippen molar-refractivity contribution < 1.29 is 9.53 Å². The van der Waals surface area contributed by atoms with E-state index in [1.165, 1.54) is 7.11 Å². The number of hydrogen-bond donors (Lipinski definition) is 3. The molecule has 0 aliphatic carbocycles. The average molecular weight is 379 g/mol. The molecule has 144 valence electrons. The maximum atomic E-state index is 12.2. The quantitative estimate of drug-likeness (QED) is 0.510. The maximum absolute atomic E-state index is 12.2. The fourth-order valence-electron chi connectivity index (χ4n) is 2.35. The topological polar surface area (TPSA) is 114 Å². The van der Waals surface area contributed by atoms with Crippen molar-refractivity contribution in [3.63, 3.8) is 0 Å². The molecular formula is C19H21N7O2. The molecule has 0 saturated carbocycles. The van der Waals surface area contributed by atoms with Crippen molar-refractivity contribution in [3.05, 3.63) is 59.9 Å². The van der Waals surface area contributed by atoms with Crippen molar-refractivity contribution in [1.29, 1.82) is 0 Å². The molecule has 3 aromatic heterocycles. The van der Waals surface area contributed by atoms with E-state index in [9.17, 15) is 4.79 Å². The first-order valence-electron chi connectivity index (χ1n) is 8.70. The third-order valence-corrected chi connectivity index (χ3v) is 3.76. The van der Waals surface area contributed by atoms with Gasteiger partial charge in [-0.3, -0.25) is 4.79 Å². The maximum Gasteiger partial charge on any atom is 0.256 e. The minimum atomic E-state index is -0.247. The number of nitrogens with zero attached hydrogens (tertiary/aromatic N) is 4. The van der Waals surface area contributed by atoms with E-state index in [-0.39, 0.29) is 5.91 Å². The molecule has 3 rings (SSSR count). The van der Waals surface area contributed by atoms with Crippen molar-refractivity contribution in [2.45, 2.75) is 6.92 Å². The molecule has 0 bridgehead atoms. The number of nitrogens with one attached hydrogen (secondary N) is 3. The number of anilines is 3. The van der Waals surface area contributed by atoms with Gasteiger partial charge in [-0.15, -0.1) is 10.2 Å². The number of carbonyl (C=O) groups is 1. The van der Waals surface area contributed by atoms with Gasteiger partial charge in [-0.05, 0) is 42.8 Å². The van der Waals surface area contributed by atoms with Crippen molar-refractivity contribution in [3.8, 4) is 5.88 Å². The molecule has 0 unspecified atom stereocenters. The number of hydrogen-bond acceptors (Lipinski definition) is 8. The largest absolute Gasteiger partial charge is 0.480 e. The van der Waals surface area contributed by atoms with Gasteiger partial charge in [0.15, 0.2) is 5.82 Å². The summed E-state index contributed by atoms with van der Waals surface area (Å²) in [4.78, 5) is 20.4. The number of rotatable bonds is 8. The molecule has 0 spiro atoms. The molecule has 1 amide bonds. The van der Waals surface area contributed by atoms with E-state index in [2.05, 4.69) is 36.1 Å². The Bertz CT molecular complexity index is 914. The predicted molar refractivity (Wildman–Crippen MR) is 106 cm³/mol. The number of methoxy groups -OCH3 is 1. The first-order valence-corrected chi connectivity index (χ1v) is 8.70. The lowest BCUT2D eigenvalue weighted by Gasteiger charge is -2.09. The Balaban J connectivity index is 1.45. The number of aryl methyl sites for hydroxylation is 1. The normalized spacial score (nSPS) is 10.2. The molecule has 0 aliphatic heterocycles. The van der Waals surface area contributed by atoms with Crippen LogP contribution in [0.15, 0.2) is 48.8 Å². The highest BCUT2D eigenvalue weighted by molar-refractivity contribution is 5.96. The van der Waals surface area contributed by atoms with Gasteiger partial charge in [-0.25, -0.2) is 9.97 Å². The number of amides is 1. The number of aromatic nitrogens is 4. The van der Waals surface area contributed by atoms with Crippen LogP contribution in [-0.4, -0.2) is 46.3 Å². The van der Waals surface area contributed by atoms with E-state index in [1.54, 1.807) is 36.7 Å². The van der Waals surface area contributed by atoms with E-state index in [4.69, 9.17) is 4.74 Å². The highest BCUT2D eigenvalue weighted by Crippen LogP contribution is 2.14. The van der Waals surface area contributed by atoms with Crippen molar-refractivity contribution in [2.75, 3.05) is 30.8 Å². The van der Waals surface area contributed by atoms with Gasteiger partial charge in [0.25, 0.3) is 5.91 Å². The standard InChI is InChI=1S/C19H21N7O2/c1-13-5-6-15(23-12-13)24-17-8-7-16(25-26-17)20-10-11-21-18(27)14-4-3-9-22-19(14)28-2/h3-9,12H,10-11H2,1-2H3,(H,20,25)(H,21,27)(H,23,24,26). The van der Waals surface area contributed by atoms with E-state index >= 15 is 0 Å². The summed E-state index contributed by atoms with van der Waals surface area (Å²) in [5.41, 5.74) is 1.48. The molecule has 0 radical (unpaired) electrons. The molecule has 0 aromatic carbocycles. The van der Waals surface area contributed by atoms with Gasteiger partial charge in [-0.1, -0.05) is 6.07 Å². The lowest BCUT2D eigenvalue weighted by atomic mass is 10.2. The Kier molecular flexibility index (Phi) is 6.29. The van der Waals surface area contributed by atoms with E-state index < -0.39 is 0 Å². The Morgan fingerprint density at radius 1 is 1.00 bits per heavy atom. The summed E-state index contributed by atoms with van der Waals surface area (Å²) in [5, 5.41) is 17.2. The van der Waals surface area contributed by atoms with Crippen LogP contribution in [0.5, 0.6) is 5.88 Å². The van der Waals surface area contributed by atoms with E-state index in [0.29, 0.717) is 42.0 Å². The lowest BCUT2D eigenvalue weighted by molar-refractivity contribution is 0.0951. The zero-order valence-corrected chi connectivity index (χ0v) is 15.6. The predicted octanol–water partition coefficient (Wildman–Crippen LogP) is 2.17. The fraction of sp³-hybridized carbons (Fsp3) is 0.211.